The van der Waals surface area contributed by atoms with Crippen LogP contribution in [0.1, 0.15) is 18.1 Å². The molecule has 0 aliphatic rings. The smallest absolute Gasteiger partial charge is 0.277 e. The second-order valence-electron chi connectivity index (χ2n) is 5.28. The monoisotopic (exact) mass is 468 g/mol. The highest BCUT2D eigenvalue weighted by Crippen LogP contribution is 2.32. The van der Waals surface area contributed by atoms with Crippen LogP contribution in [0, 0.1) is 6.92 Å². The van der Waals surface area contributed by atoms with Crippen molar-refractivity contribution in [1.82, 2.24) is 5.43 Å². The molecule has 0 radical (unpaired) electrons. The lowest BCUT2D eigenvalue weighted by atomic mass is 10.1. The third kappa shape index (κ3) is 5.57. The van der Waals surface area contributed by atoms with E-state index in [0.717, 1.165) is 25.8 Å². The molecule has 1 N–H and O–H groups in total. The minimum absolute atomic E-state index is 0.125. The quantitative estimate of drug-likeness (QED) is 0.502. The maximum absolute atomic E-state index is 12.0. The van der Waals surface area contributed by atoms with Crippen LogP contribution in [-0.4, -0.2) is 25.3 Å². The Kier molecular flexibility index (Phi) is 7.01. The number of hydrogen-bond donors (Lipinski definition) is 1. The number of benzene rings is 2. The van der Waals surface area contributed by atoms with Crippen LogP contribution in [0.3, 0.4) is 0 Å². The van der Waals surface area contributed by atoms with Gasteiger partial charge in [0.15, 0.2) is 6.61 Å². The minimum atomic E-state index is -0.331. The number of carbonyl (C=O) groups excluding carboxylic acids is 1. The number of methoxy groups -OCH3 is 1. The summed E-state index contributed by atoms with van der Waals surface area (Å²) in [6.07, 6.45) is 0. The molecular formula is C18H18Br2N2O3. The Morgan fingerprint density at radius 3 is 2.48 bits per heavy atom. The Morgan fingerprint density at radius 1 is 1.20 bits per heavy atom. The van der Waals surface area contributed by atoms with Gasteiger partial charge in [0.05, 0.1) is 17.3 Å². The predicted octanol–water partition coefficient (Wildman–Crippen LogP) is 4.45. The maximum Gasteiger partial charge on any atom is 0.277 e. The average Bonchev–Trinajstić information content (AvgIpc) is 2.58. The number of halogens is 2. The normalized spacial score (nSPS) is 11.2. The van der Waals surface area contributed by atoms with Crippen molar-refractivity contribution in [2.45, 2.75) is 13.8 Å². The molecule has 2 rings (SSSR count). The van der Waals surface area contributed by atoms with Crippen LogP contribution in [0.4, 0.5) is 0 Å². The van der Waals surface area contributed by atoms with Crippen molar-refractivity contribution in [3.05, 3.63) is 56.5 Å². The molecule has 5 nitrogen and oxygen atoms in total. The molecule has 0 unspecified atom stereocenters. The van der Waals surface area contributed by atoms with Gasteiger partial charge >= 0.3 is 0 Å². The average molecular weight is 470 g/mol. The van der Waals surface area contributed by atoms with Crippen molar-refractivity contribution in [3.8, 4) is 11.5 Å². The number of hydrogen-bond acceptors (Lipinski definition) is 4. The van der Waals surface area contributed by atoms with Gasteiger partial charge in [-0.05, 0) is 77.3 Å². The molecular weight excluding hydrogens is 452 g/mol. The van der Waals surface area contributed by atoms with E-state index in [2.05, 4.69) is 42.4 Å². The first-order valence-corrected chi connectivity index (χ1v) is 9.05. The first-order chi connectivity index (χ1) is 11.9. The van der Waals surface area contributed by atoms with E-state index in [1.807, 2.05) is 50.2 Å². The highest BCUT2D eigenvalue weighted by molar-refractivity contribution is 9.11. The molecule has 2 aromatic rings. The van der Waals surface area contributed by atoms with E-state index >= 15 is 0 Å². The van der Waals surface area contributed by atoms with E-state index in [-0.39, 0.29) is 12.5 Å². The van der Waals surface area contributed by atoms with E-state index < -0.39 is 0 Å². The molecule has 0 saturated carbocycles. The minimum Gasteiger partial charge on any atom is -0.497 e. The summed E-state index contributed by atoms with van der Waals surface area (Å²) in [5, 5.41) is 4.10. The van der Waals surface area contributed by atoms with Gasteiger partial charge in [0, 0.05) is 4.47 Å². The van der Waals surface area contributed by atoms with Gasteiger partial charge in [-0.25, -0.2) is 5.43 Å². The van der Waals surface area contributed by atoms with Crippen LogP contribution in [-0.2, 0) is 4.79 Å². The number of nitrogens with zero attached hydrogens (tertiary/aromatic N) is 1. The highest BCUT2D eigenvalue weighted by Gasteiger charge is 2.09. The molecule has 25 heavy (non-hydrogen) atoms. The fourth-order valence-corrected chi connectivity index (χ4v) is 3.64. The Bertz CT molecular complexity index is 766. The Balaban J connectivity index is 1.93. The summed E-state index contributed by atoms with van der Waals surface area (Å²) in [6.45, 7) is 3.60. The molecule has 132 valence electrons. The van der Waals surface area contributed by atoms with Crippen LogP contribution in [0.2, 0.25) is 0 Å². The zero-order valence-corrected chi connectivity index (χ0v) is 17.3. The molecule has 0 spiro atoms. The van der Waals surface area contributed by atoms with Crippen molar-refractivity contribution in [1.29, 1.82) is 0 Å². The zero-order chi connectivity index (χ0) is 18.4. The first-order valence-electron chi connectivity index (χ1n) is 7.46. The van der Waals surface area contributed by atoms with Gasteiger partial charge in [0.25, 0.3) is 5.91 Å². The number of amides is 1. The van der Waals surface area contributed by atoms with Gasteiger partial charge in [-0.15, -0.1) is 0 Å². The molecule has 0 heterocycles. The number of carbonyl (C=O) groups is 1. The molecule has 0 saturated heterocycles. The van der Waals surface area contributed by atoms with E-state index in [1.54, 1.807) is 7.11 Å². The fourth-order valence-electron chi connectivity index (χ4n) is 2.08. The molecule has 0 fully saturated rings. The summed E-state index contributed by atoms with van der Waals surface area (Å²) in [5.74, 6) is 1.07. The molecule has 0 bridgehead atoms. The highest BCUT2D eigenvalue weighted by atomic mass is 79.9. The van der Waals surface area contributed by atoms with Crippen molar-refractivity contribution in [2.24, 2.45) is 5.10 Å². The number of aryl methyl sites for hydroxylation is 1. The molecule has 0 aliphatic carbocycles. The summed E-state index contributed by atoms with van der Waals surface area (Å²) in [6, 6.07) is 11.2. The topological polar surface area (TPSA) is 59.9 Å². The third-order valence-electron chi connectivity index (χ3n) is 3.40. The van der Waals surface area contributed by atoms with Crippen LogP contribution in [0.5, 0.6) is 11.5 Å². The Labute approximate surface area is 163 Å². The second-order valence-corrected chi connectivity index (χ2v) is 7.05. The fraction of sp³-hybridized carbons (Fsp3) is 0.222. The van der Waals surface area contributed by atoms with Crippen LogP contribution >= 0.6 is 31.9 Å². The van der Waals surface area contributed by atoms with Crippen molar-refractivity contribution < 1.29 is 14.3 Å². The molecule has 1 amide bonds. The Hall–Kier alpha value is -1.86. The zero-order valence-electron chi connectivity index (χ0n) is 14.1. The lowest BCUT2D eigenvalue weighted by Gasteiger charge is -2.11. The standard InChI is InChI=1S/C18H18Br2N2O3/c1-11-8-14(19)9-16(20)18(11)25-10-17(23)22-21-12(2)13-4-6-15(24-3)7-5-13/h4-9H,10H2,1-3H3,(H,22,23). The summed E-state index contributed by atoms with van der Waals surface area (Å²) < 4.78 is 12.4. The lowest BCUT2D eigenvalue weighted by molar-refractivity contribution is -0.123. The van der Waals surface area contributed by atoms with Gasteiger partial charge in [0.1, 0.15) is 11.5 Å². The van der Waals surface area contributed by atoms with E-state index in [0.29, 0.717) is 11.5 Å². The molecule has 0 aliphatic heterocycles. The SMILES string of the molecule is COc1ccc(C(C)=NNC(=O)COc2c(C)cc(Br)cc2Br)cc1. The summed E-state index contributed by atoms with van der Waals surface area (Å²) in [5.41, 5.74) is 5.01. The molecule has 7 heteroatoms. The van der Waals surface area contributed by atoms with Gasteiger partial charge in [-0.1, -0.05) is 15.9 Å². The largest absolute Gasteiger partial charge is 0.497 e. The summed E-state index contributed by atoms with van der Waals surface area (Å²) in [4.78, 5) is 12.0. The molecule has 2 aromatic carbocycles. The molecule has 0 atom stereocenters. The van der Waals surface area contributed by atoms with Crippen LogP contribution in [0.15, 0.2) is 50.4 Å². The number of rotatable bonds is 6. The maximum atomic E-state index is 12.0. The number of ether oxygens (including phenoxy) is 2. The van der Waals surface area contributed by atoms with Crippen LogP contribution < -0.4 is 14.9 Å². The lowest BCUT2D eigenvalue weighted by Crippen LogP contribution is -2.25. The van der Waals surface area contributed by atoms with Gasteiger partial charge in [-0.2, -0.15) is 5.10 Å². The van der Waals surface area contributed by atoms with Gasteiger partial charge in [-0.3, -0.25) is 4.79 Å². The van der Waals surface area contributed by atoms with Gasteiger partial charge < -0.3 is 9.47 Å². The summed E-state index contributed by atoms with van der Waals surface area (Å²) >= 11 is 6.84. The first kappa shape index (κ1) is 19.5. The predicted molar refractivity (Wildman–Crippen MR) is 105 cm³/mol. The van der Waals surface area contributed by atoms with Crippen molar-refractivity contribution in [3.63, 3.8) is 0 Å². The van der Waals surface area contributed by atoms with E-state index in [9.17, 15) is 4.79 Å². The second kappa shape index (κ2) is 9.01. The van der Waals surface area contributed by atoms with E-state index in [4.69, 9.17) is 9.47 Å². The van der Waals surface area contributed by atoms with Gasteiger partial charge in [0.2, 0.25) is 0 Å². The summed E-state index contributed by atoms with van der Waals surface area (Å²) in [7, 11) is 1.61. The molecule has 0 aromatic heterocycles. The van der Waals surface area contributed by atoms with Crippen LogP contribution in [0.25, 0.3) is 0 Å². The third-order valence-corrected chi connectivity index (χ3v) is 4.44. The van der Waals surface area contributed by atoms with Crippen molar-refractivity contribution in [2.75, 3.05) is 13.7 Å². The van der Waals surface area contributed by atoms with E-state index in [1.165, 1.54) is 0 Å². The number of hydrazone groups is 1. The Morgan fingerprint density at radius 2 is 1.88 bits per heavy atom. The number of nitrogens with one attached hydrogen (secondary N) is 1. The van der Waals surface area contributed by atoms with Crippen molar-refractivity contribution >= 4 is 43.5 Å².